The van der Waals surface area contributed by atoms with Crippen LogP contribution in [0.5, 0.6) is 0 Å². The topological polar surface area (TPSA) is 73.0 Å². The highest BCUT2D eigenvalue weighted by molar-refractivity contribution is 5.97. The number of fused-ring (bicyclic) bond motifs is 1. The van der Waals surface area contributed by atoms with Crippen LogP contribution in [0.4, 0.5) is 0 Å². The van der Waals surface area contributed by atoms with Crippen molar-refractivity contribution >= 4 is 16.8 Å². The predicted octanol–water partition coefficient (Wildman–Crippen LogP) is 3.94. The molecule has 2 aromatic heterocycles. The fraction of sp³-hybridized carbons (Fsp3) is 0.391. The molecule has 1 aliphatic heterocycles. The first-order chi connectivity index (χ1) is 14.2. The summed E-state index contributed by atoms with van der Waals surface area (Å²) in [6, 6.07) is 3.68. The standard InChI is InChI=1S/C23H31N5O/c1-3-8-20(27-28-13-6-5-7-14-28)10-9-18(4-2)16-25-23(29)22-15-19-17-24-12-11-21(19)26-22/h4,8-12,15,17-18,26-27H,2-3,5-7,13-14,16H2,1H3,(H,25,29)/b10-9-,20-8+. The van der Waals surface area contributed by atoms with Gasteiger partial charge >= 0.3 is 0 Å². The van der Waals surface area contributed by atoms with Crippen molar-refractivity contribution in [3.63, 3.8) is 0 Å². The summed E-state index contributed by atoms with van der Waals surface area (Å²) in [4.78, 5) is 19.7. The number of amides is 1. The van der Waals surface area contributed by atoms with Crippen molar-refractivity contribution in [1.29, 1.82) is 0 Å². The summed E-state index contributed by atoms with van der Waals surface area (Å²) >= 11 is 0. The summed E-state index contributed by atoms with van der Waals surface area (Å²) in [6.45, 7) is 8.70. The number of pyridine rings is 1. The van der Waals surface area contributed by atoms with E-state index in [4.69, 9.17) is 0 Å². The van der Waals surface area contributed by atoms with Gasteiger partial charge in [-0.3, -0.25) is 9.78 Å². The molecule has 0 bridgehead atoms. The minimum Gasteiger partial charge on any atom is -0.350 e. The van der Waals surface area contributed by atoms with Crippen LogP contribution in [-0.2, 0) is 0 Å². The molecule has 6 nitrogen and oxygen atoms in total. The van der Waals surface area contributed by atoms with Crippen LogP contribution < -0.4 is 10.7 Å². The summed E-state index contributed by atoms with van der Waals surface area (Å²) in [5, 5.41) is 6.19. The second-order valence-electron chi connectivity index (χ2n) is 7.34. The number of carbonyl (C=O) groups excluding carboxylic acids is 1. The van der Waals surface area contributed by atoms with E-state index in [1.807, 2.05) is 18.2 Å². The number of piperidine rings is 1. The van der Waals surface area contributed by atoms with Crippen LogP contribution in [0.25, 0.3) is 10.9 Å². The van der Waals surface area contributed by atoms with E-state index in [1.54, 1.807) is 12.4 Å². The summed E-state index contributed by atoms with van der Waals surface area (Å²) < 4.78 is 0. The van der Waals surface area contributed by atoms with Gasteiger partial charge in [0.1, 0.15) is 5.69 Å². The first kappa shape index (κ1) is 20.9. The van der Waals surface area contributed by atoms with Gasteiger partial charge < -0.3 is 15.7 Å². The molecule has 0 spiro atoms. The second kappa shape index (κ2) is 10.6. The molecule has 0 aromatic carbocycles. The molecule has 0 aliphatic carbocycles. The number of H-pyrrole nitrogens is 1. The molecule has 1 atom stereocenters. The Balaban J connectivity index is 1.55. The molecular weight excluding hydrogens is 362 g/mol. The molecule has 0 saturated carbocycles. The van der Waals surface area contributed by atoms with Gasteiger partial charge in [-0.05, 0) is 37.5 Å². The number of nitrogens with one attached hydrogen (secondary N) is 3. The van der Waals surface area contributed by atoms with Gasteiger partial charge in [-0.1, -0.05) is 31.6 Å². The maximum Gasteiger partial charge on any atom is 0.267 e. The van der Waals surface area contributed by atoms with Gasteiger partial charge in [-0.15, -0.1) is 6.58 Å². The Labute approximate surface area is 172 Å². The Morgan fingerprint density at radius 3 is 2.93 bits per heavy atom. The molecule has 154 valence electrons. The Morgan fingerprint density at radius 1 is 1.38 bits per heavy atom. The zero-order valence-corrected chi connectivity index (χ0v) is 17.2. The van der Waals surface area contributed by atoms with Crippen molar-refractivity contribution in [3.05, 3.63) is 66.8 Å². The third kappa shape index (κ3) is 6.06. The highest BCUT2D eigenvalue weighted by atomic mass is 16.1. The van der Waals surface area contributed by atoms with Gasteiger partial charge in [0.25, 0.3) is 5.91 Å². The molecule has 1 saturated heterocycles. The lowest BCUT2D eigenvalue weighted by molar-refractivity contribution is 0.0947. The Bertz CT molecular complexity index is 843. The molecule has 3 rings (SSSR count). The maximum atomic E-state index is 12.5. The number of aromatic amines is 1. The number of aromatic nitrogens is 2. The summed E-state index contributed by atoms with van der Waals surface area (Å²) in [6.07, 6.45) is 16.4. The highest BCUT2D eigenvalue weighted by Crippen LogP contribution is 2.13. The van der Waals surface area contributed by atoms with Gasteiger partial charge in [-0.2, -0.15) is 0 Å². The Hall–Kier alpha value is -2.86. The third-order valence-electron chi connectivity index (χ3n) is 5.06. The number of hydrazine groups is 1. The van der Waals surface area contributed by atoms with E-state index >= 15 is 0 Å². The molecule has 3 N–H and O–H groups in total. The zero-order chi connectivity index (χ0) is 20.5. The van der Waals surface area contributed by atoms with E-state index in [1.165, 1.54) is 19.3 Å². The minimum absolute atomic E-state index is 0.0495. The third-order valence-corrected chi connectivity index (χ3v) is 5.06. The number of nitrogens with zero attached hydrogens (tertiary/aromatic N) is 2. The molecular formula is C23H31N5O. The van der Waals surface area contributed by atoms with E-state index in [-0.39, 0.29) is 11.8 Å². The molecule has 2 aromatic rings. The van der Waals surface area contributed by atoms with Crippen LogP contribution in [0.1, 0.15) is 43.1 Å². The van der Waals surface area contributed by atoms with Crippen molar-refractivity contribution in [2.75, 3.05) is 19.6 Å². The van der Waals surface area contributed by atoms with E-state index in [0.29, 0.717) is 12.2 Å². The van der Waals surface area contributed by atoms with Crippen LogP contribution in [0.15, 0.2) is 61.1 Å². The summed E-state index contributed by atoms with van der Waals surface area (Å²) in [5.74, 6) is -0.0781. The van der Waals surface area contributed by atoms with E-state index in [2.05, 4.69) is 57.5 Å². The summed E-state index contributed by atoms with van der Waals surface area (Å²) in [5.41, 5.74) is 6.06. The molecule has 29 heavy (non-hydrogen) atoms. The van der Waals surface area contributed by atoms with Crippen LogP contribution >= 0.6 is 0 Å². The lowest BCUT2D eigenvalue weighted by Crippen LogP contribution is -2.40. The number of allylic oxidation sites excluding steroid dienone is 2. The molecule has 1 unspecified atom stereocenters. The first-order valence-electron chi connectivity index (χ1n) is 10.4. The molecule has 0 radical (unpaired) electrons. The fourth-order valence-corrected chi connectivity index (χ4v) is 3.42. The van der Waals surface area contributed by atoms with Crippen LogP contribution in [0, 0.1) is 5.92 Å². The van der Waals surface area contributed by atoms with Gasteiger partial charge in [0.15, 0.2) is 0 Å². The van der Waals surface area contributed by atoms with Crippen molar-refractivity contribution in [2.24, 2.45) is 5.92 Å². The van der Waals surface area contributed by atoms with Crippen LogP contribution in [-0.4, -0.2) is 40.5 Å². The smallest absolute Gasteiger partial charge is 0.267 e. The summed E-state index contributed by atoms with van der Waals surface area (Å²) in [7, 11) is 0. The average Bonchev–Trinajstić information content (AvgIpc) is 3.19. The molecule has 1 fully saturated rings. The van der Waals surface area contributed by atoms with E-state index in [9.17, 15) is 4.79 Å². The quantitative estimate of drug-likeness (QED) is 0.446. The van der Waals surface area contributed by atoms with Crippen LogP contribution in [0.3, 0.4) is 0 Å². The lowest BCUT2D eigenvalue weighted by atomic mass is 10.1. The maximum absolute atomic E-state index is 12.5. The predicted molar refractivity (Wildman–Crippen MR) is 118 cm³/mol. The minimum atomic E-state index is -0.128. The Morgan fingerprint density at radius 2 is 2.21 bits per heavy atom. The number of hydrogen-bond donors (Lipinski definition) is 3. The normalized spacial score (nSPS) is 16.8. The van der Waals surface area contributed by atoms with Crippen molar-refractivity contribution in [1.82, 2.24) is 25.7 Å². The monoisotopic (exact) mass is 393 g/mol. The SMILES string of the molecule is C=CC(/C=C\C(=C/CC)NN1CCCCC1)CNC(=O)c1cc2cnccc2[nH]1. The van der Waals surface area contributed by atoms with Gasteiger partial charge in [0.2, 0.25) is 0 Å². The second-order valence-corrected chi connectivity index (χ2v) is 7.34. The number of rotatable bonds is 9. The number of carbonyl (C=O) groups is 1. The van der Waals surface area contributed by atoms with Gasteiger partial charge in [0, 0.05) is 54.5 Å². The van der Waals surface area contributed by atoms with E-state index in [0.717, 1.165) is 36.1 Å². The molecule has 6 heteroatoms. The Kier molecular flexibility index (Phi) is 7.64. The van der Waals surface area contributed by atoms with Gasteiger partial charge in [0.05, 0.1) is 0 Å². The number of hydrogen-bond acceptors (Lipinski definition) is 4. The van der Waals surface area contributed by atoms with Crippen molar-refractivity contribution in [3.8, 4) is 0 Å². The van der Waals surface area contributed by atoms with Crippen molar-refractivity contribution < 1.29 is 4.79 Å². The van der Waals surface area contributed by atoms with Crippen molar-refractivity contribution in [2.45, 2.75) is 32.6 Å². The first-order valence-corrected chi connectivity index (χ1v) is 10.4. The van der Waals surface area contributed by atoms with Crippen LogP contribution in [0.2, 0.25) is 0 Å². The average molecular weight is 394 g/mol. The molecule has 3 heterocycles. The molecule has 1 aliphatic rings. The fourth-order valence-electron chi connectivity index (χ4n) is 3.42. The zero-order valence-electron chi connectivity index (χ0n) is 17.2. The van der Waals surface area contributed by atoms with Gasteiger partial charge in [-0.25, -0.2) is 5.01 Å². The lowest BCUT2D eigenvalue weighted by Gasteiger charge is -2.28. The molecule has 1 amide bonds. The van der Waals surface area contributed by atoms with E-state index < -0.39 is 0 Å². The largest absolute Gasteiger partial charge is 0.350 e. The highest BCUT2D eigenvalue weighted by Gasteiger charge is 2.12.